The number of piperazine rings is 1. The largest absolute Gasteiger partial charge is 0.370 e. The van der Waals surface area contributed by atoms with Crippen LogP contribution in [0, 0.1) is 11.3 Å². The second kappa shape index (κ2) is 18.8. The fourth-order valence-electron chi connectivity index (χ4n) is 6.21. The number of nitrogens with zero attached hydrogens (tertiary/aromatic N) is 4. The maximum absolute atomic E-state index is 13.1. The molecule has 262 valence electrons. The third kappa shape index (κ3) is 10.8. The Morgan fingerprint density at radius 2 is 1.94 bits per heavy atom. The standard InChI is InChI=1S/C22H22Cl2N2O3.C13H21N5OS/c23-18-9-8-17(13-19(18)24)14-20-22(29)25(15-21(28)26(20)11-12-27)10-4-7-16-5-2-1-3-6-16;1-16-10(11(19)12-17-4-6-20-12)7-9-3-2-5-18(8-9)13(14)15/h1-3,5-6,8-9,12-13,20H,4,7,10-11,14-15H2;4,6,9-10,16H,2-3,5,7-8H2,1H3,(H3,14,15)/t;9?,10-/m.0/s1. The van der Waals surface area contributed by atoms with Gasteiger partial charge in [0, 0.05) is 37.6 Å². The van der Waals surface area contributed by atoms with Gasteiger partial charge in [-0.05, 0) is 68.3 Å². The Labute approximate surface area is 301 Å². The van der Waals surface area contributed by atoms with Crippen molar-refractivity contribution < 1.29 is 19.2 Å². The molecule has 2 amide bonds. The fraction of sp³-hybridized carbons (Fsp3) is 0.429. The summed E-state index contributed by atoms with van der Waals surface area (Å²) in [5, 5.41) is 13.8. The van der Waals surface area contributed by atoms with Crippen LogP contribution >= 0.6 is 34.5 Å². The molecule has 2 aliphatic heterocycles. The number of guanidine groups is 1. The van der Waals surface area contributed by atoms with Crippen LogP contribution in [0.1, 0.15) is 46.6 Å². The van der Waals surface area contributed by atoms with E-state index in [2.05, 4.69) is 10.3 Å². The summed E-state index contributed by atoms with van der Waals surface area (Å²) in [6.45, 7) is 2.00. The van der Waals surface area contributed by atoms with Crippen molar-refractivity contribution in [3.8, 4) is 0 Å². The topological polar surface area (TPSA) is 153 Å². The molecular formula is C35H43Cl2N7O4S. The Bertz CT molecular complexity index is 1580. The molecule has 14 heteroatoms. The number of likely N-dealkylation sites (tertiary alicyclic amines) is 1. The van der Waals surface area contributed by atoms with Crippen molar-refractivity contribution in [1.29, 1.82) is 5.41 Å². The number of halogens is 2. The van der Waals surface area contributed by atoms with Gasteiger partial charge in [0.25, 0.3) is 0 Å². The lowest BCUT2D eigenvalue weighted by Gasteiger charge is -2.39. The van der Waals surface area contributed by atoms with E-state index in [0.717, 1.165) is 50.8 Å². The van der Waals surface area contributed by atoms with Crippen LogP contribution in [0.3, 0.4) is 0 Å². The molecule has 4 N–H and O–H groups in total. The van der Waals surface area contributed by atoms with Gasteiger partial charge in [-0.1, -0.05) is 59.6 Å². The van der Waals surface area contributed by atoms with Gasteiger partial charge in [-0.15, -0.1) is 11.3 Å². The summed E-state index contributed by atoms with van der Waals surface area (Å²) < 4.78 is 0. The number of thiazole rings is 1. The number of ketones is 1. The smallest absolute Gasteiger partial charge is 0.246 e. The average molecular weight is 729 g/mol. The summed E-state index contributed by atoms with van der Waals surface area (Å²) in [7, 11) is 1.81. The predicted molar refractivity (Wildman–Crippen MR) is 193 cm³/mol. The van der Waals surface area contributed by atoms with Crippen LogP contribution in [0.4, 0.5) is 0 Å². The summed E-state index contributed by atoms with van der Waals surface area (Å²) >= 11 is 13.4. The summed E-state index contributed by atoms with van der Waals surface area (Å²) in [6, 6.07) is 14.2. The van der Waals surface area contributed by atoms with E-state index in [4.69, 9.17) is 34.3 Å². The molecule has 0 aliphatic carbocycles. The molecule has 2 unspecified atom stereocenters. The summed E-state index contributed by atoms with van der Waals surface area (Å²) in [4.78, 5) is 58.1. The predicted octanol–water partition coefficient (Wildman–Crippen LogP) is 4.32. The third-order valence-corrected chi connectivity index (χ3v) is 10.3. The number of Topliss-reactive ketones (excluding diaryl/α,β-unsaturated/α-hetero) is 1. The Morgan fingerprint density at radius 3 is 2.59 bits per heavy atom. The number of aromatic nitrogens is 1. The minimum absolute atomic E-state index is 0.000658. The number of aryl methyl sites for hydroxylation is 1. The number of rotatable bonds is 13. The number of amides is 2. The van der Waals surface area contributed by atoms with Gasteiger partial charge < -0.3 is 30.5 Å². The van der Waals surface area contributed by atoms with Crippen LogP contribution in [-0.4, -0.2) is 101 Å². The molecular weight excluding hydrogens is 685 g/mol. The first-order valence-corrected chi connectivity index (χ1v) is 17.9. The highest BCUT2D eigenvalue weighted by Crippen LogP contribution is 2.26. The van der Waals surface area contributed by atoms with Crippen molar-refractivity contribution in [3.63, 3.8) is 0 Å². The van der Waals surface area contributed by atoms with Gasteiger partial charge in [0.2, 0.25) is 17.6 Å². The first-order chi connectivity index (χ1) is 23.6. The molecule has 1 aromatic heterocycles. The highest BCUT2D eigenvalue weighted by molar-refractivity contribution is 7.11. The lowest BCUT2D eigenvalue weighted by molar-refractivity contribution is -0.156. The first-order valence-electron chi connectivity index (χ1n) is 16.3. The molecule has 2 aromatic carbocycles. The number of likely N-dealkylation sites (N-methyl/N-ethyl adjacent to an activating group) is 1. The van der Waals surface area contributed by atoms with Crippen LogP contribution < -0.4 is 11.1 Å². The molecule has 0 radical (unpaired) electrons. The lowest BCUT2D eigenvalue weighted by atomic mass is 9.90. The number of carbonyl (C=O) groups excluding carboxylic acids is 4. The van der Waals surface area contributed by atoms with Gasteiger partial charge in [-0.25, -0.2) is 4.98 Å². The Hall–Kier alpha value is -3.84. The van der Waals surface area contributed by atoms with E-state index < -0.39 is 6.04 Å². The van der Waals surface area contributed by atoms with Crippen molar-refractivity contribution in [1.82, 2.24) is 25.0 Å². The highest BCUT2D eigenvalue weighted by Gasteiger charge is 2.39. The molecule has 3 heterocycles. The molecule has 49 heavy (non-hydrogen) atoms. The van der Waals surface area contributed by atoms with E-state index in [1.807, 2.05) is 47.7 Å². The van der Waals surface area contributed by atoms with E-state index in [0.29, 0.717) is 33.8 Å². The van der Waals surface area contributed by atoms with Gasteiger partial charge in [0.1, 0.15) is 12.3 Å². The summed E-state index contributed by atoms with van der Waals surface area (Å²) in [5.74, 6) is 0.200. The third-order valence-electron chi connectivity index (χ3n) is 8.78. The summed E-state index contributed by atoms with van der Waals surface area (Å²) in [5.41, 5.74) is 7.53. The van der Waals surface area contributed by atoms with Crippen LogP contribution in [0.25, 0.3) is 0 Å². The number of carbonyl (C=O) groups is 4. The van der Waals surface area contributed by atoms with Crippen LogP contribution in [0.15, 0.2) is 60.1 Å². The number of hydrogen-bond acceptors (Lipinski definition) is 8. The lowest BCUT2D eigenvalue weighted by Crippen LogP contribution is -2.61. The molecule has 11 nitrogen and oxygen atoms in total. The monoisotopic (exact) mass is 727 g/mol. The quantitative estimate of drug-likeness (QED) is 0.102. The number of aldehydes is 1. The molecule has 0 spiro atoms. The van der Waals surface area contributed by atoms with E-state index in [1.165, 1.54) is 21.8 Å². The van der Waals surface area contributed by atoms with Gasteiger partial charge in [-0.3, -0.25) is 19.8 Å². The van der Waals surface area contributed by atoms with Crippen molar-refractivity contribution in [2.75, 3.05) is 39.8 Å². The van der Waals surface area contributed by atoms with Crippen LogP contribution in [0.5, 0.6) is 0 Å². The zero-order valence-electron chi connectivity index (χ0n) is 27.5. The maximum atomic E-state index is 13.1. The number of hydrogen-bond donors (Lipinski definition) is 3. The van der Waals surface area contributed by atoms with Gasteiger partial charge >= 0.3 is 0 Å². The molecule has 2 fully saturated rings. The van der Waals surface area contributed by atoms with Crippen molar-refractivity contribution in [2.45, 2.75) is 50.6 Å². The molecule has 0 saturated carbocycles. The SMILES string of the molecule is CN[C@@H](CC1CCCN(C(=N)N)C1)C(=O)c1nccs1.O=CCN1C(=O)CN(CCCc2ccccc2)C(=O)C1Cc1ccc(Cl)c(Cl)c1. The number of piperidine rings is 1. The van der Waals surface area contributed by atoms with Crippen molar-refractivity contribution in [3.05, 3.63) is 86.3 Å². The zero-order valence-corrected chi connectivity index (χ0v) is 29.9. The maximum Gasteiger partial charge on any atom is 0.246 e. The van der Waals surface area contributed by atoms with Gasteiger partial charge in [0.15, 0.2) is 11.0 Å². The van der Waals surface area contributed by atoms with E-state index in [1.54, 1.807) is 29.3 Å². The molecule has 3 aromatic rings. The van der Waals surface area contributed by atoms with Crippen molar-refractivity contribution >= 4 is 64.4 Å². The minimum atomic E-state index is -0.726. The second-order valence-electron chi connectivity index (χ2n) is 12.1. The molecule has 5 rings (SSSR count). The van der Waals surface area contributed by atoms with Crippen LogP contribution in [0.2, 0.25) is 10.0 Å². The van der Waals surface area contributed by atoms with Crippen molar-refractivity contribution in [2.24, 2.45) is 11.7 Å². The molecule has 2 aliphatic rings. The number of nitrogens with two attached hydrogens (primary N) is 1. The zero-order chi connectivity index (χ0) is 35.3. The Balaban J connectivity index is 0.000000237. The Morgan fingerprint density at radius 1 is 1.16 bits per heavy atom. The molecule has 2 saturated heterocycles. The second-order valence-corrected chi connectivity index (χ2v) is 13.9. The van der Waals surface area contributed by atoms with E-state index in [-0.39, 0.29) is 49.1 Å². The molecule has 3 atom stereocenters. The van der Waals surface area contributed by atoms with Crippen LogP contribution in [-0.2, 0) is 27.2 Å². The highest BCUT2D eigenvalue weighted by atomic mass is 35.5. The average Bonchev–Trinajstić information content (AvgIpc) is 3.65. The van der Waals surface area contributed by atoms with Gasteiger partial charge in [-0.2, -0.15) is 0 Å². The number of benzene rings is 2. The number of nitrogens with one attached hydrogen (secondary N) is 2. The minimum Gasteiger partial charge on any atom is -0.370 e. The van der Waals surface area contributed by atoms with Gasteiger partial charge in [0.05, 0.1) is 29.2 Å². The first kappa shape index (κ1) is 38.0. The molecule has 0 bridgehead atoms. The van der Waals surface area contributed by atoms with E-state index in [9.17, 15) is 19.2 Å². The summed E-state index contributed by atoms with van der Waals surface area (Å²) in [6.07, 6.45) is 7.04. The van der Waals surface area contributed by atoms with E-state index >= 15 is 0 Å². The fourth-order valence-corrected chi connectivity index (χ4v) is 7.17. The normalized spacial score (nSPS) is 18.5. The Kier molecular flexibility index (Phi) is 14.6.